The molecule has 21 heavy (non-hydrogen) atoms. The molecular weight excluding hydrogens is 319 g/mol. The van der Waals surface area contributed by atoms with E-state index in [1.807, 2.05) is 0 Å². The Balaban J connectivity index is 2.04. The van der Waals surface area contributed by atoms with E-state index in [0.29, 0.717) is 13.2 Å². The molecule has 0 aliphatic carbocycles. The number of carbonyl (C=O) groups is 2. The molecule has 0 aromatic heterocycles. The Hall–Kier alpha value is -1.50. The second-order valence-corrected chi connectivity index (χ2v) is 5.43. The summed E-state index contributed by atoms with van der Waals surface area (Å²) < 4.78 is 5.37. The third kappa shape index (κ3) is 4.23. The zero-order valence-electron chi connectivity index (χ0n) is 11.0. The molecule has 8 heteroatoms. The average Bonchev–Trinajstić information content (AvgIpc) is 2.92. The van der Waals surface area contributed by atoms with E-state index in [9.17, 15) is 9.59 Å². The number of amides is 2. The molecule has 1 atom stereocenters. The van der Waals surface area contributed by atoms with Crippen molar-refractivity contribution in [2.45, 2.75) is 18.9 Å². The monoisotopic (exact) mass is 332 g/mol. The van der Waals surface area contributed by atoms with Gasteiger partial charge in [-0.3, -0.25) is 0 Å². The van der Waals surface area contributed by atoms with Crippen LogP contribution in [-0.4, -0.2) is 36.4 Å². The van der Waals surface area contributed by atoms with Crippen molar-refractivity contribution < 1.29 is 19.4 Å². The first-order chi connectivity index (χ1) is 9.97. The lowest BCUT2D eigenvalue weighted by Crippen LogP contribution is -2.35. The molecular formula is C13H14Cl2N2O4. The maximum atomic E-state index is 11.8. The van der Waals surface area contributed by atoms with E-state index >= 15 is 0 Å². The molecule has 1 aliphatic rings. The number of urea groups is 1. The van der Waals surface area contributed by atoms with E-state index in [1.54, 1.807) is 0 Å². The number of rotatable bonds is 4. The van der Waals surface area contributed by atoms with Crippen LogP contribution in [0.3, 0.4) is 0 Å². The van der Waals surface area contributed by atoms with Gasteiger partial charge in [-0.2, -0.15) is 0 Å². The van der Waals surface area contributed by atoms with Gasteiger partial charge < -0.3 is 20.5 Å². The minimum Gasteiger partial charge on any atom is -0.478 e. The van der Waals surface area contributed by atoms with Crippen LogP contribution < -0.4 is 10.6 Å². The first-order valence-electron chi connectivity index (χ1n) is 6.36. The highest BCUT2D eigenvalue weighted by molar-refractivity contribution is 6.37. The lowest BCUT2D eigenvalue weighted by atomic mass is 10.2. The summed E-state index contributed by atoms with van der Waals surface area (Å²) in [6.07, 6.45) is 1.86. The van der Waals surface area contributed by atoms with Gasteiger partial charge in [0.15, 0.2) is 0 Å². The van der Waals surface area contributed by atoms with Gasteiger partial charge in [-0.15, -0.1) is 0 Å². The second-order valence-electron chi connectivity index (χ2n) is 4.59. The van der Waals surface area contributed by atoms with Crippen LogP contribution in [0.4, 0.5) is 10.5 Å². The van der Waals surface area contributed by atoms with Crippen molar-refractivity contribution in [2.75, 3.05) is 18.5 Å². The maximum Gasteiger partial charge on any atom is 0.337 e. The van der Waals surface area contributed by atoms with Gasteiger partial charge in [0.25, 0.3) is 0 Å². The fourth-order valence-corrected chi connectivity index (χ4v) is 2.58. The van der Waals surface area contributed by atoms with Crippen LogP contribution in [0.2, 0.25) is 10.0 Å². The summed E-state index contributed by atoms with van der Waals surface area (Å²) in [5.41, 5.74) is -0.154. The van der Waals surface area contributed by atoms with Gasteiger partial charge in [0.05, 0.1) is 22.4 Å². The number of aromatic carboxylic acids is 1. The van der Waals surface area contributed by atoms with Crippen LogP contribution in [0.1, 0.15) is 23.2 Å². The van der Waals surface area contributed by atoms with Gasteiger partial charge in [0.1, 0.15) is 0 Å². The molecule has 114 valence electrons. The molecule has 1 saturated heterocycles. The van der Waals surface area contributed by atoms with E-state index in [0.717, 1.165) is 12.8 Å². The van der Waals surface area contributed by atoms with Gasteiger partial charge in [-0.25, -0.2) is 9.59 Å². The summed E-state index contributed by atoms with van der Waals surface area (Å²) in [6.45, 7) is 1.06. The van der Waals surface area contributed by atoms with E-state index < -0.39 is 12.0 Å². The van der Waals surface area contributed by atoms with Gasteiger partial charge in [0, 0.05) is 18.2 Å². The fraction of sp³-hybridized carbons (Fsp3) is 0.385. The number of carboxylic acids is 1. The number of benzene rings is 1. The number of halogens is 2. The zero-order chi connectivity index (χ0) is 15.4. The molecule has 1 unspecified atom stereocenters. The molecule has 1 aromatic rings. The number of nitrogens with one attached hydrogen (secondary N) is 2. The fourth-order valence-electron chi connectivity index (χ4n) is 2.04. The van der Waals surface area contributed by atoms with Crippen LogP contribution >= 0.6 is 23.2 Å². The molecule has 0 radical (unpaired) electrons. The predicted octanol–water partition coefficient (Wildman–Crippen LogP) is 2.99. The largest absolute Gasteiger partial charge is 0.478 e. The highest BCUT2D eigenvalue weighted by atomic mass is 35.5. The Morgan fingerprint density at radius 1 is 1.38 bits per heavy atom. The second kappa shape index (κ2) is 6.98. The Kier molecular flexibility index (Phi) is 5.27. The summed E-state index contributed by atoms with van der Waals surface area (Å²) in [6, 6.07) is 2.05. The molecule has 0 bridgehead atoms. The van der Waals surface area contributed by atoms with E-state index in [2.05, 4.69) is 10.6 Å². The number of anilines is 1. The number of carboxylic acid groups (broad SMARTS) is 1. The standard InChI is InChI=1S/C13H14Cl2N2O4/c14-7-4-9(12(18)19)11(10(15)5-7)17-13(20)16-6-8-2-1-3-21-8/h4-5,8H,1-3,6H2,(H,18,19)(H2,16,17,20). The van der Waals surface area contributed by atoms with Crippen molar-refractivity contribution in [2.24, 2.45) is 0 Å². The summed E-state index contributed by atoms with van der Waals surface area (Å²) in [7, 11) is 0. The van der Waals surface area contributed by atoms with Gasteiger partial charge in [0.2, 0.25) is 0 Å². The first-order valence-corrected chi connectivity index (χ1v) is 7.11. The van der Waals surface area contributed by atoms with E-state index in [1.165, 1.54) is 12.1 Å². The number of hydrogen-bond donors (Lipinski definition) is 3. The Morgan fingerprint density at radius 3 is 2.76 bits per heavy atom. The lowest BCUT2D eigenvalue weighted by Gasteiger charge is -2.14. The Labute approximate surface area is 131 Å². The third-order valence-corrected chi connectivity index (χ3v) is 3.55. The molecule has 1 heterocycles. The van der Waals surface area contributed by atoms with Crippen LogP contribution in [-0.2, 0) is 4.74 Å². The maximum absolute atomic E-state index is 11.8. The van der Waals surface area contributed by atoms with Gasteiger partial charge >= 0.3 is 12.0 Å². The van der Waals surface area contributed by atoms with Crippen LogP contribution in [0.25, 0.3) is 0 Å². The summed E-state index contributed by atoms with van der Waals surface area (Å²) in [5.74, 6) is -1.23. The van der Waals surface area contributed by atoms with E-state index in [-0.39, 0.29) is 27.4 Å². The molecule has 0 spiro atoms. The van der Waals surface area contributed by atoms with Crippen LogP contribution in [0, 0.1) is 0 Å². The minimum absolute atomic E-state index is 0.00427. The molecule has 1 aromatic carbocycles. The van der Waals surface area contributed by atoms with Crippen molar-refractivity contribution >= 4 is 40.9 Å². The SMILES string of the molecule is O=C(NCC1CCCO1)Nc1c(Cl)cc(Cl)cc1C(=O)O. The first kappa shape index (κ1) is 15.9. The predicted molar refractivity (Wildman–Crippen MR) is 79.4 cm³/mol. The molecule has 2 rings (SSSR count). The quantitative estimate of drug-likeness (QED) is 0.790. The highest BCUT2D eigenvalue weighted by Crippen LogP contribution is 2.30. The molecule has 1 aliphatic heterocycles. The third-order valence-electron chi connectivity index (χ3n) is 3.04. The zero-order valence-corrected chi connectivity index (χ0v) is 12.5. The van der Waals surface area contributed by atoms with Crippen molar-refractivity contribution in [3.05, 3.63) is 27.7 Å². The minimum atomic E-state index is -1.23. The number of ether oxygens (including phenoxy) is 1. The smallest absolute Gasteiger partial charge is 0.337 e. The lowest BCUT2D eigenvalue weighted by molar-refractivity contribution is 0.0698. The van der Waals surface area contributed by atoms with Crippen molar-refractivity contribution in [3.63, 3.8) is 0 Å². The topological polar surface area (TPSA) is 87.7 Å². The van der Waals surface area contributed by atoms with Crippen molar-refractivity contribution in [1.82, 2.24) is 5.32 Å². The molecule has 6 nitrogen and oxygen atoms in total. The van der Waals surface area contributed by atoms with Crippen LogP contribution in [0.5, 0.6) is 0 Å². The van der Waals surface area contributed by atoms with E-state index in [4.69, 9.17) is 33.0 Å². The normalized spacial score (nSPS) is 17.5. The van der Waals surface area contributed by atoms with Gasteiger partial charge in [-0.1, -0.05) is 23.2 Å². The molecule has 1 fully saturated rings. The van der Waals surface area contributed by atoms with Crippen LogP contribution in [0.15, 0.2) is 12.1 Å². The molecule has 3 N–H and O–H groups in total. The highest BCUT2D eigenvalue weighted by Gasteiger charge is 2.19. The Bertz CT molecular complexity index is 559. The summed E-state index contributed by atoms with van der Waals surface area (Å²) in [5, 5.41) is 14.4. The summed E-state index contributed by atoms with van der Waals surface area (Å²) in [4.78, 5) is 23.0. The molecule has 0 saturated carbocycles. The number of carbonyl (C=O) groups excluding carboxylic acids is 1. The Morgan fingerprint density at radius 2 is 2.14 bits per heavy atom. The average molecular weight is 333 g/mol. The number of hydrogen-bond acceptors (Lipinski definition) is 3. The van der Waals surface area contributed by atoms with Crippen molar-refractivity contribution in [3.8, 4) is 0 Å². The van der Waals surface area contributed by atoms with Gasteiger partial charge in [-0.05, 0) is 25.0 Å². The molecule has 2 amide bonds. The summed E-state index contributed by atoms with van der Waals surface area (Å²) >= 11 is 11.7. The van der Waals surface area contributed by atoms with Crippen molar-refractivity contribution in [1.29, 1.82) is 0 Å².